The number of piperidine rings is 1. The number of hydrogen-bond donors (Lipinski definition) is 0. The number of anilines is 1. The highest BCUT2D eigenvalue weighted by atomic mass is 32.2. The Morgan fingerprint density at radius 2 is 1.67 bits per heavy atom. The number of hydrogen-bond acceptors (Lipinski definition) is 4. The fraction of sp³-hybridized carbons (Fsp3) is 0.435. The van der Waals surface area contributed by atoms with Gasteiger partial charge in [-0.1, -0.05) is 30.7 Å². The van der Waals surface area contributed by atoms with Crippen molar-refractivity contribution in [2.75, 3.05) is 31.0 Å². The molecule has 0 spiro atoms. The Morgan fingerprint density at radius 1 is 1.07 bits per heavy atom. The lowest BCUT2D eigenvalue weighted by molar-refractivity contribution is -0.130. The maximum atomic E-state index is 13.7. The van der Waals surface area contributed by atoms with Crippen LogP contribution in [-0.2, 0) is 14.8 Å². The molecule has 0 atom stereocenters. The molecule has 1 heterocycles. The van der Waals surface area contributed by atoms with Gasteiger partial charge in [0.25, 0.3) is 10.0 Å². The summed E-state index contributed by atoms with van der Waals surface area (Å²) in [4.78, 5) is 14.9. The van der Waals surface area contributed by atoms with Gasteiger partial charge < -0.3 is 9.64 Å². The SMILES string of the molecule is COc1ccc(C)cc1S(=O)(=O)N(CC(=O)N1CCC(C)CC1)c1ccc(C)cc1. The van der Waals surface area contributed by atoms with Crippen LogP contribution in [0.3, 0.4) is 0 Å². The molecular weight excluding hydrogens is 400 g/mol. The van der Waals surface area contributed by atoms with Gasteiger partial charge in [-0.25, -0.2) is 8.42 Å². The van der Waals surface area contributed by atoms with Crippen molar-refractivity contribution in [1.82, 2.24) is 4.90 Å². The van der Waals surface area contributed by atoms with Gasteiger partial charge >= 0.3 is 0 Å². The number of ether oxygens (including phenoxy) is 1. The number of rotatable bonds is 6. The van der Waals surface area contributed by atoms with Crippen LogP contribution in [-0.4, -0.2) is 46.0 Å². The molecule has 0 radical (unpaired) electrons. The van der Waals surface area contributed by atoms with Crippen LogP contribution < -0.4 is 9.04 Å². The Balaban J connectivity index is 2.00. The standard InChI is InChI=1S/C23H30N2O4S/c1-17-5-8-20(9-6-17)25(16-23(26)24-13-11-18(2)12-14-24)30(27,28)22-15-19(3)7-10-21(22)29-4/h5-10,15,18H,11-14,16H2,1-4H3. The van der Waals surface area contributed by atoms with Gasteiger partial charge in [-0.3, -0.25) is 9.10 Å². The average Bonchev–Trinajstić information content (AvgIpc) is 2.73. The normalized spacial score (nSPS) is 15.1. The lowest BCUT2D eigenvalue weighted by Crippen LogP contribution is -2.45. The van der Waals surface area contributed by atoms with Gasteiger partial charge in [0.05, 0.1) is 12.8 Å². The third-order valence-corrected chi connectivity index (χ3v) is 7.42. The Morgan fingerprint density at radius 3 is 2.27 bits per heavy atom. The van der Waals surface area contributed by atoms with Crippen LogP contribution in [0.25, 0.3) is 0 Å². The predicted octanol–water partition coefficient (Wildman–Crippen LogP) is 3.77. The van der Waals surface area contributed by atoms with Crippen LogP contribution in [0.2, 0.25) is 0 Å². The van der Waals surface area contributed by atoms with E-state index in [0.717, 1.165) is 24.0 Å². The average molecular weight is 431 g/mol. The molecule has 0 N–H and O–H groups in total. The Bertz CT molecular complexity index is 994. The number of methoxy groups -OCH3 is 1. The molecule has 1 aliphatic heterocycles. The number of nitrogens with zero attached hydrogens (tertiary/aromatic N) is 2. The molecular formula is C23H30N2O4S. The number of likely N-dealkylation sites (tertiary alicyclic amines) is 1. The first-order valence-corrected chi connectivity index (χ1v) is 11.7. The van der Waals surface area contributed by atoms with Crippen molar-refractivity contribution in [1.29, 1.82) is 0 Å². The fourth-order valence-electron chi connectivity index (χ4n) is 3.61. The summed E-state index contributed by atoms with van der Waals surface area (Å²) in [5, 5.41) is 0. The second-order valence-corrected chi connectivity index (χ2v) is 9.90. The zero-order valence-corrected chi connectivity index (χ0v) is 18.9. The van der Waals surface area contributed by atoms with Crippen molar-refractivity contribution >= 4 is 21.6 Å². The molecule has 0 unspecified atom stereocenters. The first kappa shape index (κ1) is 22.2. The van der Waals surface area contributed by atoms with E-state index in [1.54, 1.807) is 35.2 Å². The highest BCUT2D eigenvalue weighted by Gasteiger charge is 2.32. The molecule has 0 saturated carbocycles. The number of sulfonamides is 1. The molecule has 30 heavy (non-hydrogen) atoms. The van der Waals surface area contributed by atoms with E-state index in [-0.39, 0.29) is 23.1 Å². The number of benzene rings is 2. The van der Waals surface area contributed by atoms with Gasteiger partial charge in [0, 0.05) is 13.1 Å². The zero-order valence-electron chi connectivity index (χ0n) is 18.1. The van der Waals surface area contributed by atoms with E-state index in [2.05, 4.69) is 6.92 Å². The van der Waals surface area contributed by atoms with E-state index < -0.39 is 10.0 Å². The van der Waals surface area contributed by atoms with Crippen LogP contribution in [0.4, 0.5) is 5.69 Å². The number of carbonyl (C=O) groups excluding carboxylic acids is 1. The quantitative estimate of drug-likeness (QED) is 0.700. The maximum Gasteiger partial charge on any atom is 0.268 e. The van der Waals surface area contributed by atoms with Crippen LogP contribution >= 0.6 is 0 Å². The summed E-state index contributed by atoms with van der Waals surface area (Å²) in [5.74, 6) is 0.664. The minimum atomic E-state index is -4.02. The summed E-state index contributed by atoms with van der Waals surface area (Å²) in [7, 11) is -2.57. The second-order valence-electron chi connectivity index (χ2n) is 8.06. The Kier molecular flexibility index (Phi) is 6.71. The summed E-state index contributed by atoms with van der Waals surface area (Å²) < 4.78 is 33.9. The fourth-order valence-corrected chi connectivity index (χ4v) is 5.27. The summed E-state index contributed by atoms with van der Waals surface area (Å²) in [6.07, 6.45) is 1.88. The zero-order chi connectivity index (χ0) is 21.9. The van der Waals surface area contributed by atoms with Crippen LogP contribution in [0.15, 0.2) is 47.4 Å². The highest BCUT2D eigenvalue weighted by molar-refractivity contribution is 7.93. The van der Waals surface area contributed by atoms with Crippen LogP contribution in [0.5, 0.6) is 5.75 Å². The molecule has 1 amide bonds. The van der Waals surface area contributed by atoms with Crippen molar-refractivity contribution in [2.45, 2.75) is 38.5 Å². The molecule has 0 aromatic heterocycles. The molecule has 0 aliphatic carbocycles. The van der Waals surface area contributed by atoms with Gasteiger partial charge in [0.1, 0.15) is 17.2 Å². The molecule has 1 saturated heterocycles. The minimum Gasteiger partial charge on any atom is -0.495 e. The van der Waals surface area contributed by atoms with Crippen molar-refractivity contribution < 1.29 is 17.9 Å². The van der Waals surface area contributed by atoms with Gasteiger partial charge in [0.2, 0.25) is 5.91 Å². The first-order valence-electron chi connectivity index (χ1n) is 10.2. The monoisotopic (exact) mass is 430 g/mol. The smallest absolute Gasteiger partial charge is 0.268 e. The van der Waals surface area contributed by atoms with Crippen LogP contribution in [0.1, 0.15) is 30.9 Å². The Hall–Kier alpha value is -2.54. The van der Waals surface area contributed by atoms with Gasteiger partial charge in [-0.05, 0) is 62.4 Å². The number of aryl methyl sites for hydroxylation is 2. The van der Waals surface area contributed by atoms with Crippen LogP contribution in [0, 0.1) is 19.8 Å². The third kappa shape index (κ3) is 4.78. The third-order valence-electron chi connectivity index (χ3n) is 5.62. The molecule has 2 aromatic rings. The van der Waals surface area contributed by atoms with Crippen molar-refractivity contribution in [3.8, 4) is 5.75 Å². The topological polar surface area (TPSA) is 66.9 Å². The highest BCUT2D eigenvalue weighted by Crippen LogP contribution is 2.31. The molecule has 1 fully saturated rings. The van der Waals surface area contributed by atoms with E-state index in [4.69, 9.17) is 4.74 Å². The molecule has 3 rings (SSSR count). The van der Waals surface area contributed by atoms with Gasteiger partial charge in [0.15, 0.2) is 0 Å². The van der Waals surface area contributed by atoms with E-state index in [9.17, 15) is 13.2 Å². The van der Waals surface area contributed by atoms with E-state index >= 15 is 0 Å². The largest absolute Gasteiger partial charge is 0.495 e. The molecule has 7 heteroatoms. The molecule has 2 aromatic carbocycles. The second kappa shape index (κ2) is 9.08. The van der Waals surface area contributed by atoms with E-state index in [0.29, 0.717) is 24.7 Å². The molecule has 1 aliphatic rings. The summed E-state index contributed by atoms with van der Waals surface area (Å²) in [6, 6.07) is 12.2. The molecule has 162 valence electrons. The summed E-state index contributed by atoms with van der Waals surface area (Å²) in [5.41, 5.74) is 2.28. The number of carbonyl (C=O) groups is 1. The predicted molar refractivity (Wildman–Crippen MR) is 118 cm³/mol. The first-order chi connectivity index (χ1) is 14.2. The minimum absolute atomic E-state index is 0.0608. The van der Waals surface area contributed by atoms with Crippen molar-refractivity contribution in [3.05, 3.63) is 53.6 Å². The lowest BCUT2D eigenvalue weighted by Gasteiger charge is -2.33. The van der Waals surface area contributed by atoms with Crippen molar-refractivity contribution in [3.63, 3.8) is 0 Å². The summed E-state index contributed by atoms with van der Waals surface area (Å²) >= 11 is 0. The van der Waals surface area contributed by atoms with E-state index in [1.807, 2.05) is 26.0 Å². The molecule has 0 bridgehead atoms. The van der Waals surface area contributed by atoms with Crippen molar-refractivity contribution in [2.24, 2.45) is 5.92 Å². The molecule has 6 nitrogen and oxygen atoms in total. The maximum absolute atomic E-state index is 13.7. The lowest BCUT2D eigenvalue weighted by atomic mass is 9.99. The van der Waals surface area contributed by atoms with Gasteiger partial charge in [-0.2, -0.15) is 0 Å². The number of amides is 1. The van der Waals surface area contributed by atoms with E-state index in [1.165, 1.54) is 11.4 Å². The Labute approximate surface area is 179 Å². The van der Waals surface area contributed by atoms with Gasteiger partial charge in [-0.15, -0.1) is 0 Å². The summed E-state index contributed by atoms with van der Waals surface area (Å²) in [6.45, 7) is 7.03.